The zero-order chi connectivity index (χ0) is 24.3. The summed E-state index contributed by atoms with van der Waals surface area (Å²) in [6.07, 6.45) is -4.03. The molecule has 0 radical (unpaired) electrons. The van der Waals surface area contributed by atoms with Crippen molar-refractivity contribution in [3.05, 3.63) is 63.8 Å². The second kappa shape index (κ2) is 9.64. The molecule has 0 saturated heterocycles. The van der Waals surface area contributed by atoms with Crippen molar-refractivity contribution < 1.29 is 32.2 Å². The number of hydrogen-bond donors (Lipinski definition) is 1. The lowest BCUT2D eigenvalue weighted by molar-refractivity contribution is -0.138. The van der Waals surface area contributed by atoms with Crippen LogP contribution in [0.5, 0.6) is 11.5 Å². The van der Waals surface area contributed by atoms with Crippen LogP contribution in [0.3, 0.4) is 0 Å². The minimum Gasteiger partial charge on any atom is -0.454 e. The van der Waals surface area contributed by atoms with Crippen LogP contribution in [0.1, 0.15) is 23.6 Å². The van der Waals surface area contributed by atoms with Gasteiger partial charge >= 0.3 is 6.18 Å². The molecule has 0 bridgehead atoms. The minimum atomic E-state index is -4.80. The first-order valence-corrected chi connectivity index (χ1v) is 10.3. The number of thioether (sulfide) groups is 1. The quantitative estimate of drug-likeness (QED) is 0.490. The van der Waals surface area contributed by atoms with Gasteiger partial charge in [0.15, 0.2) is 16.7 Å². The largest absolute Gasteiger partial charge is 0.454 e. The van der Waals surface area contributed by atoms with Crippen LogP contribution in [0, 0.1) is 17.1 Å². The van der Waals surface area contributed by atoms with Gasteiger partial charge in [0, 0.05) is 13.6 Å². The third-order valence-electron chi connectivity index (χ3n) is 4.36. The first kappa shape index (κ1) is 24.3. The Kier molecular flexibility index (Phi) is 7.09. The number of aliphatic imine (C=N–C) groups is 1. The van der Waals surface area contributed by atoms with Crippen molar-refractivity contribution in [2.45, 2.75) is 19.2 Å². The van der Waals surface area contributed by atoms with Crippen molar-refractivity contribution >= 4 is 28.9 Å². The molecule has 33 heavy (non-hydrogen) atoms. The first-order valence-electron chi connectivity index (χ1n) is 9.48. The molecular formula is C22H17F4N3O3S. The Hall–Kier alpha value is -3.36. The number of hydrogen-bond acceptors (Lipinski definition) is 6. The molecule has 3 rings (SSSR count). The molecule has 1 amide bonds. The van der Waals surface area contributed by atoms with Crippen molar-refractivity contribution in [3.63, 3.8) is 0 Å². The van der Waals surface area contributed by atoms with Gasteiger partial charge in [-0.3, -0.25) is 4.79 Å². The molecule has 2 aromatic carbocycles. The number of carbonyl (C=O) groups is 1. The van der Waals surface area contributed by atoms with Gasteiger partial charge in [-0.2, -0.15) is 23.4 Å². The van der Waals surface area contributed by atoms with Crippen LogP contribution in [-0.4, -0.2) is 40.8 Å². The molecule has 172 valence electrons. The summed E-state index contributed by atoms with van der Waals surface area (Å²) in [4.78, 5) is 17.9. The maximum absolute atomic E-state index is 14.6. The summed E-state index contributed by atoms with van der Waals surface area (Å²) in [7, 11) is 1.67. The second-order valence-corrected chi connectivity index (χ2v) is 8.16. The van der Waals surface area contributed by atoms with E-state index in [2.05, 4.69) is 4.99 Å². The summed E-state index contributed by atoms with van der Waals surface area (Å²) < 4.78 is 59.6. The number of nitriles is 1. The van der Waals surface area contributed by atoms with E-state index in [0.29, 0.717) is 11.2 Å². The molecule has 0 aliphatic carbocycles. The molecular weight excluding hydrogens is 462 g/mol. The van der Waals surface area contributed by atoms with Gasteiger partial charge in [0.1, 0.15) is 5.75 Å². The molecule has 0 fully saturated rings. The second-order valence-electron chi connectivity index (χ2n) is 7.15. The van der Waals surface area contributed by atoms with Gasteiger partial charge in [-0.15, -0.1) is 0 Å². The van der Waals surface area contributed by atoms with E-state index < -0.39 is 41.1 Å². The maximum atomic E-state index is 14.6. The van der Waals surface area contributed by atoms with Crippen LogP contribution >= 0.6 is 11.8 Å². The number of alkyl halides is 3. The third kappa shape index (κ3) is 5.91. The van der Waals surface area contributed by atoms with Gasteiger partial charge in [0.2, 0.25) is 0 Å². The Morgan fingerprint density at radius 2 is 1.97 bits per heavy atom. The summed E-state index contributed by atoms with van der Waals surface area (Å²) in [6, 6.07) is 7.87. The Balaban J connectivity index is 1.81. The summed E-state index contributed by atoms with van der Waals surface area (Å²) in [6.45, 7) is 1.86. The number of benzene rings is 2. The minimum absolute atomic E-state index is 0.212. The molecule has 1 N–H and O–H groups in total. The molecule has 0 aromatic heterocycles. The number of aliphatic hydroxyl groups is 1. The zero-order valence-corrected chi connectivity index (χ0v) is 18.2. The summed E-state index contributed by atoms with van der Waals surface area (Å²) in [5, 5.41) is 18.7. The van der Waals surface area contributed by atoms with E-state index in [9.17, 15) is 27.5 Å². The molecule has 11 heteroatoms. The fraction of sp³-hybridized carbons (Fsp3) is 0.227. The molecule has 1 atom stereocenters. The van der Waals surface area contributed by atoms with E-state index >= 15 is 0 Å². The number of amidine groups is 1. The highest BCUT2D eigenvalue weighted by molar-refractivity contribution is 8.18. The summed E-state index contributed by atoms with van der Waals surface area (Å²) in [5.41, 5.74) is -1.14. The lowest BCUT2D eigenvalue weighted by Crippen LogP contribution is -2.30. The topological polar surface area (TPSA) is 85.9 Å². The predicted octanol–water partition coefficient (Wildman–Crippen LogP) is 4.79. The Morgan fingerprint density at radius 1 is 1.27 bits per heavy atom. The van der Waals surface area contributed by atoms with Gasteiger partial charge in [0.25, 0.3) is 5.91 Å². The van der Waals surface area contributed by atoms with Gasteiger partial charge in [-0.1, -0.05) is 6.07 Å². The summed E-state index contributed by atoms with van der Waals surface area (Å²) >= 11 is 1.06. The number of amides is 1. The molecule has 6 nitrogen and oxygen atoms in total. The van der Waals surface area contributed by atoms with Gasteiger partial charge in [-0.25, -0.2) is 4.39 Å². The van der Waals surface area contributed by atoms with Crippen LogP contribution < -0.4 is 4.74 Å². The zero-order valence-electron chi connectivity index (χ0n) is 17.4. The standard InChI is InChI=1S/C22H17F4N3O3S/c1-12(30)11-29(2)21-28-20(31)19(33-21)9-13-3-6-18(16(23)8-13)32-17-5-4-14(10-27)7-15(17)22(24,25)26/h3-9,12,30H,11H2,1-2H3/b19-9-. The number of rotatable bonds is 5. The highest BCUT2D eigenvalue weighted by Crippen LogP contribution is 2.39. The number of carbonyl (C=O) groups excluding carboxylic acids is 1. The third-order valence-corrected chi connectivity index (χ3v) is 5.46. The van der Waals surface area contributed by atoms with E-state index in [1.807, 2.05) is 0 Å². The molecule has 1 aliphatic rings. The van der Waals surface area contributed by atoms with Crippen molar-refractivity contribution in [2.24, 2.45) is 4.99 Å². The monoisotopic (exact) mass is 479 g/mol. The average Bonchev–Trinajstić information content (AvgIpc) is 3.09. The lowest BCUT2D eigenvalue weighted by atomic mass is 10.1. The Bertz CT molecular complexity index is 1190. The van der Waals surface area contributed by atoms with Crippen molar-refractivity contribution in [3.8, 4) is 17.6 Å². The van der Waals surface area contributed by atoms with Gasteiger partial charge in [-0.05, 0) is 60.7 Å². The number of nitrogens with zero attached hydrogens (tertiary/aromatic N) is 3. The van der Waals surface area contributed by atoms with E-state index in [0.717, 1.165) is 36.0 Å². The Morgan fingerprint density at radius 3 is 2.58 bits per heavy atom. The van der Waals surface area contributed by atoms with E-state index in [1.165, 1.54) is 12.1 Å². The normalized spacial score (nSPS) is 15.9. The number of aliphatic hydroxyl groups excluding tert-OH is 1. The Labute approximate surface area is 190 Å². The molecule has 0 saturated carbocycles. The fourth-order valence-corrected chi connectivity index (χ4v) is 3.79. The molecule has 2 aromatic rings. The maximum Gasteiger partial charge on any atom is 0.420 e. The van der Waals surface area contributed by atoms with Gasteiger partial charge < -0.3 is 14.7 Å². The summed E-state index contributed by atoms with van der Waals surface area (Å²) in [5.74, 6) is -2.57. The highest BCUT2D eigenvalue weighted by atomic mass is 32.2. The van der Waals surface area contributed by atoms with Crippen molar-refractivity contribution in [2.75, 3.05) is 13.6 Å². The van der Waals surface area contributed by atoms with Crippen LogP contribution in [0.15, 0.2) is 46.3 Å². The van der Waals surface area contributed by atoms with Crippen LogP contribution in [0.2, 0.25) is 0 Å². The van der Waals surface area contributed by atoms with Crippen molar-refractivity contribution in [1.29, 1.82) is 5.26 Å². The fourth-order valence-electron chi connectivity index (χ4n) is 2.91. The van der Waals surface area contributed by atoms with Crippen LogP contribution in [0.25, 0.3) is 6.08 Å². The average molecular weight is 479 g/mol. The predicted molar refractivity (Wildman–Crippen MR) is 115 cm³/mol. The number of ether oxygens (including phenoxy) is 1. The SMILES string of the molecule is CC(O)CN(C)C1=NC(=O)/C(=C/c2ccc(Oc3ccc(C#N)cc3C(F)(F)F)c(F)c2)S1. The number of likely N-dealkylation sites (N-methyl/N-ethyl adjacent to an activating group) is 1. The molecule has 1 unspecified atom stereocenters. The van der Waals surface area contributed by atoms with E-state index in [-0.39, 0.29) is 22.6 Å². The smallest absolute Gasteiger partial charge is 0.420 e. The van der Waals surface area contributed by atoms with E-state index in [4.69, 9.17) is 10.00 Å². The van der Waals surface area contributed by atoms with Crippen molar-refractivity contribution in [1.82, 2.24) is 4.90 Å². The number of halogens is 4. The first-order chi connectivity index (χ1) is 15.5. The van der Waals surface area contributed by atoms with Gasteiger partial charge in [0.05, 0.1) is 28.2 Å². The highest BCUT2D eigenvalue weighted by Gasteiger charge is 2.35. The molecule has 0 spiro atoms. The molecule has 1 heterocycles. The lowest BCUT2D eigenvalue weighted by Gasteiger charge is -2.18. The van der Waals surface area contributed by atoms with Crippen LogP contribution in [0.4, 0.5) is 17.6 Å². The van der Waals surface area contributed by atoms with E-state index in [1.54, 1.807) is 24.9 Å². The van der Waals surface area contributed by atoms with Crippen LogP contribution in [-0.2, 0) is 11.0 Å². The molecule has 1 aliphatic heterocycles.